The molecule has 1 fully saturated rings. The topological polar surface area (TPSA) is 71.6 Å². The van der Waals surface area contributed by atoms with E-state index in [4.69, 9.17) is 9.47 Å². The molecular formula is C22H28N2O4. The number of fused-ring (bicyclic) bond motifs is 5. The first-order valence-electron chi connectivity index (χ1n) is 10.1. The van der Waals surface area contributed by atoms with E-state index in [1.807, 2.05) is 6.07 Å². The number of nitrogens with zero attached hydrogens (tertiary/aromatic N) is 1. The summed E-state index contributed by atoms with van der Waals surface area (Å²) in [5, 5.41) is 1.28. The maximum absolute atomic E-state index is 12.5. The Morgan fingerprint density at radius 3 is 2.57 bits per heavy atom. The first kappa shape index (κ1) is 19.0. The molecule has 3 atom stereocenters. The van der Waals surface area contributed by atoms with Gasteiger partial charge < -0.3 is 14.5 Å². The van der Waals surface area contributed by atoms with E-state index in [0.29, 0.717) is 0 Å². The Morgan fingerprint density at radius 1 is 1.18 bits per heavy atom. The van der Waals surface area contributed by atoms with Crippen LogP contribution in [0.4, 0.5) is 0 Å². The summed E-state index contributed by atoms with van der Waals surface area (Å²) in [5.74, 6) is -1.77. The number of carbonyl (C=O) groups is 2. The Hall–Kier alpha value is -2.34. The molecular weight excluding hydrogens is 356 g/mol. The average Bonchev–Trinajstić information content (AvgIpc) is 3.12. The van der Waals surface area contributed by atoms with Crippen LogP contribution in [-0.4, -0.2) is 49.1 Å². The van der Waals surface area contributed by atoms with E-state index in [9.17, 15) is 9.59 Å². The van der Waals surface area contributed by atoms with Crippen LogP contribution in [0.5, 0.6) is 0 Å². The van der Waals surface area contributed by atoms with Gasteiger partial charge in [0.2, 0.25) is 0 Å². The van der Waals surface area contributed by atoms with Crippen LogP contribution in [0.1, 0.15) is 37.1 Å². The number of ether oxygens (including phenoxy) is 2. The second-order valence-electron chi connectivity index (χ2n) is 7.84. The normalized spacial score (nSPS) is 24.6. The third kappa shape index (κ3) is 2.91. The molecule has 6 heteroatoms. The van der Waals surface area contributed by atoms with Gasteiger partial charge in [0.15, 0.2) is 5.92 Å². The van der Waals surface area contributed by atoms with Crippen molar-refractivity contribution in [3.63, 3.8) is 0 Å². The lowest BCUT2D eigenvalue weighted by Crippen LogP contribution is -2.50. The highest BCUT2D eigenvalue weighted by atomic mass is 16.5. The third-order valence-corrected chi connectivity index (χ3v) is 6.70. The summed E-state index contributed by atoms with van der Waals surface area (Å²) in [5.41, 5.74) is 3.78. The molecule has 2 aromatic rings. The van der Waals surface area contributed by atoms with Crippen LogP contribution in [0.3, 0.4) is 0 Å². The van der Waals surface area contributed by atoms with Gasteiger partial charge in [-0.25, -0.2) is 0 Å². The fraction of sp³-hybridized carbons (Fsp3) is 0.545. The Bertz CT molecular complexity index is 874. The van der Waals surface area contributed by atoms with Crippen LogP contribution in [-0.2, 0) is 25.5 Å². The zero-order valence-corrected chi connectivity index (χ0v) is 16.7. The number of aromatic nitrogens is 1. The predicted molar refractivity (Wildman–Crippen MR) is 106 cm³/mol. The van der Waals surface area contributed by atoms with Crippen molar-refractivity contribution in [1.82, 2.24) is 9.88 Å². The van der Waals surface area contributed by atoms with E-state index < -0.39 is 17.9 Å². The molecule has 150 valence electrons. The van der Waals surface area contributed by atoms with Crippen molar-refractivity contribution in [3.8, 4) is 0 Å². The highest BCUT2D eigenvalue weighted by molar-refractivity contribution is 5.95. The molecule has 1 N–H and O–H groups in total. The molecule has 0 spiro atoms. The van der Waals surface area contributed by atoms with Crippen molar-refractivity contribution >= 4 is 22.8 Å². The van der Waals surface area contributed by atoms with Crippen molar-refractivity contribution in [2.45, 2.75) is 32.2 Å². The minimum Gasteiger partial charge on any atom is -0.468 e. The number of esters is 2. The highest BCUT2D eigenvalue weighted by Gasteiger charge is 2.49. The van der Waals surface area contributed by atoms with Crippen molar-refractivity contribution < 1.29 is 19.1 Å². The van der Waals surface area contributed by atoms with E-state index in [1.165, 1.54) is 30.9 Å². The molecule has 1 aromatic carbocycles. The van der Waals surface area contributed by atoms with Crippen LogP contribution < -0.4 is 0 Å². The summed E-state index contributed by atoms with van der Waals surface area (Å²) in [7, 11) is 2.68. The zero-order valence-electron chi connectivity index (χ0n) is 16.7. The summed E-state index contributed by atoms with van der Waals surface area (Å²) in [6, 6.07) is 8.59. The van der Waals surface area contributed by atoms with Crippen LogP contribution in [0.15, 0.2) is 24.3 Å². The molecule has 0 saturated carbocycles. The number of piperidine rings is 1. The number of H-pyrrole nitrogens is 1. The number of methoxy groups -OCH3 is 2. The number of nitrogens with one attached hydrogen (secondary N) is 1. The van der Waals surface area contributed by atoms with Crippen molar-refractivity contribution in [2.24, 2.45) is 17.8 Å². The summed E-state index contributed by atoms with van der Waals surface area (Å²) in [4.78, 5) is 31.1. The molecule has 28 heavy (non-hydrogen) atoms. The van der Waals surface area contributed by atoms with Crippen LogP contribution in [0, 0.1) is 17.8 Å². The van der Waals surface area contributed by atoms with Gasteiger partial charge in [0.25, 0.3) is 0 Å². The lowest BCUT2D eigenvalue weighted by Gasteiger charge is -2.48. The third-order valence-electron chi connectivity index (χ3n) is 6.70. The van der Waals surface area contributed by atoms with E-state index in [2.05, 4.69) is 35.0 Å². The number of benzene rings is 1. The molecule has 0 amide bonds. The smallest absolute Gasteiger partial charge is 0.320 e. The first-order valence-corrected chi connectivity index (χ1v) is 10.1. The summed E-state index contributed by atoms with van der Waals surface area (Å²) in [6.07, 6.45) is 2.69. The number of carbonyl (C=O) groups excluding carboxylic acids is 2. The largest absolute Gasteiger partial charge is 0.468 e. The molecule has 2 aliphatic heterocycles. The molecule has 3 heterocycles. The van der Waals surface area contributed by atoms with Crippen molar-refractivity contribution in [1.29, 1.82) is 0 Å². The standard InChI is InChI=1S/C22H28N2O4/c1-4-13-15(18(21(25)27-2)22(26)28-3)9-11-24-12-10-16-14-7-5-6-8-17(14)23-19(16)20(13)24/h5-8,13,15,18,20,23H,4,9-12H2,1-3H3/t13?,15?,20-/m0/s1. The Labute approximate surface area is 165 Å². The summed E-state index contributed by atoms with van der Waals surface area (Å²) < 4.78 is 9.95. The van der Waals surface area contributed by atoms with Crippen LogP contribution in [0.2, 0.25) is 0 Å². The minimum absolute atomic E-state index is 0.0940. The van der Waals surface area contributed by atoms with E-state index in [-0.39, 0.29) is 17.9 Å². The number of aromatic amines is 1. The van der Waals surface area contributed by atoms with Gasteiger partial charge in [0, 0.05) is 23.1 Å². The maximum atomic E-state index is 12.5. The maximum Gasteiger partial charge on any atom is 0.320 e. The van der Waals surface area contributed by atoms with E-state index in [1.54, 1.807) is 0 Å². The second-order valence-corrected chi connectivity index (χ2v) is 7.84. The molecule has 4 rings (SSSR count). The number of rotatable bonds is 4. The van der Waals surface area contributed by atoms with Gasteiger partial charge in [-0.2, -0.15) is 0 Å². The lowest BCUT2D eigenvalue weighted by atomic mass is 9.69. The molecule has 6 nitrogen and oxygen atoms in total. The Morgan fingerprint density at radius 2 is 1.89 bits per heavy atom. The molecule has 0 aliphatic carbocycles. The number of hydrogen-bond donors (Lipinski definition) is 1. The van der Waals surface area contributed by atoms with Gasteiger partial charge in [0.1, 0.15) is 0 Å². The molecule has 2 aliphatic rings. The van der Waals surface area contributed by atoms with Crippen LogP contribution in [0.25, 0.3) is 10.9 Å². The second kappa shape index (κ2) is 7.59. The van der Waals surface area contributed by atoms with Gasteiger partial charge >= 0.3 is 11.9 Å². The van der Waals surface area contributed by atoms with E-state index in [0.717, 1.165) is 37.9 Å². The Kier molecular flexibility index (Phi) is 5.15. The number of para-hydroxylation sites is 1. The van der Waals surface area contributed by atoms with Crippen LogP contribution >= 0.6 is 0 Å². The monoisotopic (exact) mass is 384 g/mol. The molecule has 0 radical (unpaired) electrons. The van der Waals surface area contributed by atoms with Gasteiger partial charge in [-0.3, -0.25) is 14.5 Å². The van der Waals surface area contributed by atoms with Crippen molar-refractivity contribution in [3.05, 3.63) is 35.5 Å². The summed E-state index contributed by atoms with van der Waals surface area (Å²) in [6.45, 7) is 4.01. The molecule has 1 saturated heterocycles. The first-order chi connectivity index (χ1) is 13.6. The number of hydrogen-bond acceptors (Lipinski definition) is 5. The molecule has 2 unspecified atom stereocenters. The fourth-order valence-corrected chi connectivity index (χ4v) is 5.46. The van der Waals surface area contributed by atoms with Gasteiger partial charge in [-0.05, 0) is 42.9 Å². The molecule has 0 bridgehead atoms. The minimum atomic E-state index is -0.864. The molecule has 1 aromatic heterocycles. The van der Waals surface area contributed by atoms with E-state index >= 15 is 0 Å². The summed E-state index contributed by atoms with van der Waals surface area (Å²) >= 11 is 0. The zero-order chi connectivity index (χ0) is 19.8. The van der Waals surface area contributed by atoms with Gasteiger partial charge in [-0.15, -0.1) is 0 Å². The fourth-order valence-electron chi connectivity index (χ4n) is 5.46. The average molecular weight is 384 g/mol. The highest BCUT2D eigenvalue weighted by Crippen LogP contribution is 2.48. The predicted octanol–water partition coefficient (Wildman–Crippen LogP) is 3.08. The SMILES string of the molecule is CCC1C(C(C(=O)OC)C(=O)OC)CCN2CCc3c([nH]c4ccccc34)[C@H]12. The van der Waals surface area contributed by atoms with Gasteiger partial charge in [0.05, 0.1) is 20.3 Å². The lowest BCUT2D eigenvalue weighted by molar-refractivity contribution is -0.165. The van der Waals surface area contributed by atoms with Gasteiger partial charge in [-0.1, -0.05) is 31.5 Å². The van der Waals surface area contributed by atoms with Crippen molar-refractivity contribution in [2.75, 3.05) is 27.3 Å². The Balaban J connectivity index is 1.77. The quantitative estimate of drug-likeness (QED) is 0.648.